The van der Waals surface area contributed by atoms with Crippen molar-refractivity contribution in [2.24, 2.45) is 5.73 Å². The van der Waals surface area contributed by atoms with Crippen LogP contribution in [-0.4, -0.2) is 10.9 Å². The highest BCUT2D eigenvalue weighted by Crippen LogP contribution is 2.21. The molecule has 13 heavy (non-hydrogen) atoms. The zero-order chi connectivity index (χ0) is 10.1. The van der Waals surface area contributed by atoms with E-state index in [0.29, 0.717) is 10.3 Å². The molecule has 4 heteroatoms. The lowest BCUT2D eigenvalue weighted by atomic mass is 9.88. The van der Waals surface area contributed by atoms with Gasteiger partial charge in [0.1, 0.15) is 4.60 Å². The molecule has 0 aliphatic rings. The minimum absolute atomic E-state index is 0.377. The first-order chi connectivity index (χ1) is 5.94. The molecule has 1 heterocycles. The van der Waals surface area contributed by atoms with Gasteiger partial charge in [-0.1, -0.05) is 6.07 Å². The summed E-state index contributed by atoms with van der Waals surface area (Å²) in [5.74, 6) is -0.377. The van der Waals surface area contributed by atoms with Crippen LogP contribution < -0.4 is 5.73 Å². The third kappa shape index (κ3) is 2.06. The SMILES string of the molecule is CC(C)(C(N)=O)c1cccc(Br)n1. The zero-order valence-electron chi connectivity index (χ0n) is 7.54. The standard InChI is InChI=1S/C9H11BrN2O/c1-9(2,8(11)13)6-4-3-5-7(10)12-6/h3-5H,1-2H3,(H2,11,13). The van der Waals surface area contributed by atoms with Crippen LogP contribution in [-0.2, 0) is 10.2 Å². The van der Waals surface area contributed by atoms with Crippen molar-refractivity contribution in [3.05, 3.63) is 28.5 Å². The van der Waals surface area contributed by atoms with Crippen LogP contribution in [0.1, 0.15) is 19.5 Å². The second kappa shape index (κ2) is 3.46. The van der Waals surface area contributed by atoms with Crippen LogP contribution >= 0.6 is 15.9 Å². The van der Waals surface area contributed by atoms with E-state index in [1.54, 1.807) is 26.0 Å². The van der Waals surface area contributed by atoms with Crippen molar-refractivity contribution in [2.75, 3.05) is 0 Å². The van der Waals surface area contributed by atoms with E-state index in [4.69, 9.17) is 5.73 Å². The van der Waals surface area contributed by atoms with Crippen molar-refractivity contribution in [3.63, 3.8) is 0 Å². The normalized spacial score (nSPS) is 11.3. The first kappa shape index (κ1) is 10.2. The van der Waals surface area contributed by atoms with Crippen molar-refractivity contribution in [2.45, 2.75) is 19.3 Å². The van der Waals surface area contributed by atoms with Gasteiger partial charge in [-0.05, 0) is 41.9 Å². The van der Waals surface area contributed by atoms with E-state index in [-0.39, 0.29) is 5.91 Å². The minimum atomic E-state index is -0.718. The number of nitrogens with two attached hydrogens (primary N) is 1. The third-order valence-electron chi connectivity index (χ3n) is 1.97. The van der Waals surface area contributed by atoms with Gasteiger partial charge >= 0.3 is 0 Å². The van der Waals surface area contributed by atoms with Gasteiger partial charge in [0.05, 0.1) is 11.1 Å². The molecule has 1 aromatic heterocycles. The van der Waals surface area contributed by atoms with E-state index >= 15 is 0 Å². The van der Waals surface area contributed by atoms with E-state index < -0.39 is 5.41 Å². The first-order valence-corrected chi connectivity index (χ1v) is 4.67. The lowest BCUT2D eigenvalue weighted by Crippen LogP contribution is -2.36. The van der Waals surface area contributed by atoms with Crippen molar-refractivity contribution >= 4 is 21.8 Å². The fourth-order valence-corrected chi connectivity index (χ4v) is 1.23. The molecule has 0 spiro atoms. The summed E-state index contributed by atoms with van der Waals surface area (Å²) in [5, 5.41) is 0. The smallest absolute Gasteiger partial charge is 0.229 e. The molecule has 0 aliphatic heterocycles. The van der Waals surface area contributed by atoms with Crippen molar-refractivity contribution in [1.29, 1.82) is 0 Å². The summed E-state index contributed by atoms with van der Waals surface area (Å²) in [5.41, 5.74) is 5.21. The number of pyridine rings is 1. The Labute approximate surface area is 85.5 Å². The lowest BCUT2D eigenvalue weighted by molar-refractivity contribution is -0.122. The molecule has 3 nitrogen and oxygen atoms in total. The molecule has 0 radical (unpaired) electrons. The Balaban J connectivity index is 3.14. The number of carbonyl (C=O) groups excluding carboxylic acids is 1. The van der Waals surface area contributed by atoms with Crippen molar-refractivity contribution in [3.8, 4) is 0 Å². The summed E-state index contributed by atoms with van der Waals surface area (Å²) in [7, 11) is 0. The van der Waals surface area contributed by atoms with Crippen molar-refractivity contribution < 1.29 is 4.79 Å². The quantitative estimate of drug-likeness (QED) is 0.802. The molecular formula is C9H11BrN2O. The molecule has 0 aliphatic carbocycles. The molecule has 0 unspecified atom stereocenters. The molecule has 1 amide bonds. The Morgan fingerprint density at radius 1 is 1.54 bits per heavy atom. The molecule has 0 saturated heterocycles. The maximum Gasteiger partial charge on any atom is 0.229 e. The maximum absolute atomic E-state index is 11.1. The second-order valence-electron chi connectivity index (χ2n) is 3.33. The van der Waals surface area contributed by atoms with Gasteiger partial charge in [0.2, 0.25) is 5.91 Å². The predicted molar refractivity (Wildman–Crippen MR) is 54.2 cm³/mol. The average molecular weight is 243 g/mol. The van der Waals surface area contributed by atoms with Crippen LogP contribution in [0, 0.1) is 0 Å². The fourth-order valence-electron chi connectivity index (χ4n) is 0.883. The monoisotopic (exact) mass is 242 g/mol. The summed E-state index contributed by atoms with van der Waals surface area (Å²) < 4.78 is 0.708. The maximum atomic E-state index is 11.1. The highest BCUT2D eigenvalue weighted by molar-refractivity contribution is 9.10. The Morgan fingerprint density at radius 2 is 2.15 bits per heavy atom. The van der Waals surface area contributed by atoms with Gasteiger partial charge in [0.25, 0.3) is 0 Å². The summed E-state index contributed by atoms with van der Waals surface area (Å²) >= 11 is 3.24. The molecule has 0 saturated carbocycles. The predicted octanol–water partition coefficient (Wildman–Crippen LogP) is 1.61. The molecule has 0 fully saturated rings. The molecule has 70 valence electrons. The number of aromatic nitrogens is 1. The van der Waals surface area contributed by atoms with Gasteiger partial charge < -0.3 is 5.73 Å². The van der Waals surface area contributed by atoms with Crippen LogP contribution in [0.5, 0.6) is 0 Å². The van der Waals surface area contributed by atoms with Gasteiger partial charge in [-0.15, -0.1) is 0 Å². The van der Waals surface area contributed by atoms with Crippen LogP contribution in [0.15, 0.2) is 22.8 Å². The van der Waals surface area contributed by atoms with E-state index in [9.17, 15) is 4.79 Å². The largest absolute Gasteiger partial charge is 0.369 e. The Bertz CT molecular complexity index is 336. The van der Waals surface area contributed by atoms with E-state index in [2.05, 4.69) is 20.9 Å². The molecule has 0 bridgehead atoms. The number of hydrogen-bond acceptors (Lipinski definition) is 2. The van der Waals surface area contributed by atoms with E-state index in [1.807, 2.05) is 6.07 Å². The number of amides is 1. The molecule has 1 aromatic rings. The topological polar surface area (TPSA) is 56.0 Å². The van der Waals surface area contributed by atoms with Gasteiger partial charge in [-0.25, -0.2) is 4.98 Å². The first-order valence-electron chi connectivity index (χ1n) is 3.87. The number of rotatable bonds is 2. The molecule has 0 atom stereocenters. The number of carbonyl (C=O) groups is 1. The molecule has 1 rings (SSSR count). The van der Waals surface area contributed by atoms with Crippen LogP contribution in [0.25, 0.3) is 0 Å². The average Bonchev–Trinajstić information content (AvgIpc) is 2.04. The second-order valence-corrected chi connectivity index (χ2v) is 4.15. The van der Waals surface area contributed by atoms with E-state index in [0.717, 1.165) is 0 Å². The van der Waals surface area contributed by atoms with Gasteiger partial charge in [-0.2, -0.15) is 0 Å². The fraction of sp³-hybridized carbons (Fsp3) is 0.333. The van der Waals surface area contributed by atoms with Gasteiger partial charge in [0, 0.05) is 0 Å². The number of hydrogen-bond donors (Lipinski definition) is 1. The van der Waals surface area contributed by atoms with Gasteiger partial charge in [-0.3, -0.25) is 4.79 Å². The highest BCUT2D eigenvalue weighted by atomic mass is 79.9. The Morgan fingerprint density at radius 3 is 2.62 bits per heavy atom. The van der Waals surface area contributed by atoms with Crippen LogP contribution in [0.4, 0.5) is 0 Å². The third-order valence-corrected chi connectivity index (χ3v) is 2.41. The Kier molecular flexibility index (Phi) is 2.71. The summed E-state index contributed by atoms with van der Waals surface area (Å²) in [6.45, 7) is 3.51. The summed E-state index contributed by atoms with van der Waals surface area (Å²) in [6, 6.07) is 5.42. The number of halogens is 1. The lowest BCUT2D eigenvalue weighted by Gasteiger charge is -2.19. The highest BCUT2D eigenvalue weighted by Gasteiger charge is 2.28. The molecular weight excluding hydrogens is 232 g/mol. The Hall–Kier alpha value is -0.900. The molecule has 0 aromatic carbocycles. The van der Waals surface area contributed by atoms with Crippen LogP contribution in [0.3, 0.4) is 0 Å². The van der Waals surface area contributed by atoms with Crippen molar-refractivity contribution in [1.82, 2.24) is 4.98 Å². The number of nitrogens with zero attached hydrogens (tertiary/aromatic N) is 1. The number of primary amides is 1. The molecule has 2 N–H and O–H groups in total. The van der Waals surface area contributed by atoms with Gasteiger partial charge in [0.15, 0.2) is 0 Å². The summed E-state index contributed by atoms with van der Waals surface area (Å²) in [4.78, 5) is 15.3. The van der Waals surface area contributed by atoms with Crippen LogP contribution in [0.2, 0.25) is 0 Å². The van der Waals surface area contributed by atoms with E-state index in [1.165, 1.54) is 0 Å². The minimum Gasteiger partial charge on any atom is -0.369 e. The summed E-state index contributed by atoms with van der Waals surface area (Å²) in [6.07, 6.45) is 0. The zero-order valence-corrected chi connectivity index (χ0v) is 9.13.